The first-order valence-electron chi connectivity index (χ1n) is 9.23. The Morgan fingerprint density at radius 2 is 2.00 bits per heavy atom. The van der Waals surface area contributed by atoms with Gasteiger partial charge in [-0.3, -0.25) is 9.69 Å². The van der Waals surface area contributed by atoms with Gasteiger partial charge in [0, 0.05) is 25.2 Å². The lowest BCUT2D eigenvalue weighted by atomic mass is 9.98. The molecule has 2 heterocycles. The zero-order valence-electron chi connectivity index (χ0n) is 15.0. The van der Waals surface area contributed by atoms with Gasteiger partial charge in [0.1, 0.15) is 5.82 Å². The third kappa shape index (κ3) is 3.47. The second-order valence-corrected chi connectivity index (χ2v) is 7.56. The molecule has 2 aliphatic rings. The Hall–Kier alpha value is -2.14. The normalized spacial score (nSPS) is 19.4. The zero-order valence-corrected chi connectivity index (χ0v) is 15.0. The van der Waals surface area contributed by atoms with Crippen LogP contribution in [0.1, 0.15) is 36.9 Å². The summed E-state index contributed by atoms with van der Waals surface area (Å²) >= 11 is 0. The van der Waals surface area contributed by atoms with E-state index in [2.05, 4.69) is 46.5 Å². The molecule has 2 fully saturated rings. The van der Waals surface area contributed by atoms with Crippen LogP contribution in [0.5, 0.6) is 0 Å². The van der Waals surface area contributed by atoms with E-state index in [4.69, 9.17) is 0 Å². The highest BCUT2D eigenvalue weighted by molar-refractivity contribution is 5.93. The van der Waals surface area contributed by atoms with Crippen molar-refractivity contribution in [2.45, 2.75) is 39.3 Å². The van der Waals surface area contributed by atoms with Gasteiger partial charge in [-0.15, -0.1) is 0 Å². The molecule has 1 unspecified atom stereocenters. The molecule has 1 aromatic heterocycles. The van der Waals surface area contributed by atoms with Crippen molar-refractivity contribution < 1.29 is 4.79 Å². The van der Waals surface area contributed by atoms with Crippen molar-refractivity contribution in [1.82, 2.24) is 14.7 Å². The van der Waals surface area contributed by atoms with Crippen LogP contribution in [0.25, 0.3) is 0 Å². The quantitative estimate of drug-likeness (QED) is 0.880. The van der Waals surface area contributed by atoms with E-state index >= 15 is 0 Å². The van der Waals surface area contributed by atoms with Gasteiger partial charge >= 0.3 is 0 Å². The van der Waals surface area contributed by atoms with Gasteiger partial charge < -0.3 is 5.32 Å². The molecule has 0 radical (unpaired) electrons. The number of amides is 1. The molecule has 0 bridgehead atoms. The number of hydrogen-bond donors (Lipinski definition) is 1. The molecule has 5 heteroatoms. The molecule has 0 spiro atoms. The Bertz CT molecular complexity index is 744. The van der Waals surface area contributed by atoms with Crippen LogP contribution >= 0.6 is 0 Å². The van der Waals surface area contributed by atoms with Gasteiger partial charge in [-0.1, -0.05) is 30.3 Å². The first-order chi connectivity index (χ1) is 12.1. The molecule has 5 nitrogen and oxygen atoms in total. The van der Waals surface area contributed by atoms with Crippen LogP contribution in [0.4, 0.5) is 5.82 Å². The molecule has 1 N–H and O–H groups in total. The number of rotatable bonds is 6. The highest BCUT2D eigenvalue weighted by atomic mass is 16.2. The van der Waals surface area contributed by atoms with Gasteiger partial charge in [-0.05, 0) is 38.2 Å². The third-order valence-corrected chi connectivity index (χ3v) is 5.49. The van der Waals surface area contributed by atoms with Crippen LogP contribution in [0.3, 0.4) is 0 Å². The second kappa shape index (κ2) is 6.64. The fourth-order valence-corrected chi connectivity index (χ4v) is 3.62. The Labute approximate surface area is 149 Å². The van der Waals surface area contributed by atoms with Gasteiger partial charge in [0.05, 0.1) is 18.2 Å². The summed E-state index contributed by atoms with van der Waals surface area (Å²) in [4.78, 5) is 14.9. The monoisotopic (exact) mass is 338 g/mol. The highest BCUT2D eigenvalue weighted by Gasteiger charge is 2.35. The molecule has 132 valence electrons. The highest BCUT2D eigenvalue weighted by Crippen LogP contribution is 2.40. The molecular formula is C20H26N4O. The molecule has 1 aliphatic heterocycles. The molecule has 25 heavy (non-hydrogen) atoms. The Balaban J connectivity index is 1.34. The van der Waals surface area contributed by atoms with E-state index in [-0.39, 0.29) is 11.8 Å². The molecule has 1 aromatic carbocycles. The summed E-state index contributed by atoms with van der Waals surface area (Å²) in [5.41, 5.74) is 2.34. The number of aromatic nitrogens is 2. The first-order valence-corrected chi connectivity index (χ1v) is 9.23. The second-order valence-electron chi connectivity index (χ2n) is 7.56. The standard InChI is InChI=1S/C20H26N4O/c1-14-10-21-24(15(2)17-8-9-17)19(14)22-20(25)18-12-23(13-18)11-16-6-4-3-5-7-16/h3-7,10,15,17-18H,8-9,11-13H2,1-2H3,(H,22,25). The lowest BCUT2D eigenvalue weighted by Crippen LogP contribution is -2.51. The maximum atomic E-state index is 12.6. The Morgan fingerprint density at radius 1 is 1.28 bits per heavy atom. The van der Waals surface area contributed by atoms with Crippen molar-refractivity contribution in [3.8, 4) is 0 Å². The molecule has 1 saturated heterocycles. The number of anilines is 1. The zero-order chi connectivity index (χ0) is 17.4. The van der Waals surface area contributed by atoms with Gasteiger partial charge in [-0.25, -0.2) is 4.68 Å². The lowest BCUT2D eigenvalue weighted by molar-refractivity contribution is -0.125. The number of nitrogens with zero attached hydrogens (tertiary/aromatic N) is 3. The van der Waals surface area contributed by atoms with Crippen molar-refractivity contribution in [1.29, 1.82) is 0 Å². The Morgan fingerprint density at radius 3 is 2.68 bits per heavy atom. The van der Waals surface area contributed by atoms with Crippen molar-refractivity contribution in [3.63, 3.8) is 0 Å². The van der Waals surface area contributed by atoms with Crippen molar-refractivity contribution in [2.24, 2.45) is 11.8 Å². The molecule has 1 atom stereocenters. The van der Waals surface area contributed by atoms with Crippen LogP contribution in [0, 0.1) is 18.8 Å². The number of hydrogen-bond acceptors (Lipinski definition) is 3. The van der Waals surface area contributed by atoms with Crippen LogP contribution in [0.15, 0.2) is 36.5 Å². The average Bonchev–Trinajstić information content (AvgIpc) is 3.36. The summed E-state index contributed by atoms with van der Waals surface area (Å²) < 4.78 is 2.01. The average molecular weight is 338 g/mol. The largest absolute Gasteiger partial charge is 0.310 e. The number of aryl methyl sites for hydroxylation is 1. The van der Waals surface area contributed by atoms with Crippen molar-refractivity contribution in [2.75, 3.05) is 18.4 Å². The van der Waals surface area contributed by atoms with Crippen LogP contribution in [0.2, 0.25) is 0 Å². The van der Waals surface area contributed by atoms with Crippen LogP contribution < -0.4 is 5.32 Å². The maximum Gasteiger partial charge on any atom is 0.231 e. The van der Waals surface area contributed by atoms with E-state index in [0.29, 0.717) is 12.0 Å². The van der Waals surface area contributed by atoms with E-state index in [9.17, 15) is 4.79 Å². The topological polar surface area (TPSA) is 50.2 Å². The van der Waals surface area contributed by atoms with Crippen LogP contribution in [-0.2, 0) is 11.3 Å². The summed E-state index contributed by atoms with van der Waals surface area (Å²) in [7, 11) is 0. The molecular weight excluding hydrogens is 312 g/mol. The predicted octanol–water partition coefficient (Wildman–Crippen LogP) is 3.23. The number of nitrogens with one attached hydrogen (secondary N) is 1. The van der Waals surface area contributed by atoms with Crippen molar-refractivity contribution in [3.05, 3.63) is 47.7 Å². The minimum atomic E-state index is 0.0719. The predicted molar refractivity (Wildman–Crippen MR) is 98.2 cm³/mol. The molecule has 1 aliphatic carbocycles. The Kier molecular flexibility index (Phi) is 4.34. The summed E-state index contributed by atoms with van der Waals surface area (Å²) in [6.45, 7) is 6.78. The number of benzene rings is 1. The lowest BCUT2D eigenvalue weighted by Gasteiger charge is -2.38. The van der Waals surface area contributed by atoms with E-state index in [1.54, 1.807) is 0 Å². The summed E-state index contributed by atoms with van der Waals surface area (Å²) in [5.74, 6) is 1.78. The first kappa shape index (κ1) is 16.3. The molecule has 4 rings (SSSR count). The fourth-order valence-electron chi connectivity index (χ4n) is 3.62. The van der Waals surface area contributed by atoms with E-state index in [1.165, 1.54) is 18.4 Å². The van der Waals surface area contributed by atoms with E-state index < -0.39 is 0 Å². The summed E-state index contributed by atoms with van der Waals surface area (Å²) in [6, 6.07) is 10.8. The summed E-state index contributed by atoms with van der Waals surface area (Å²) in [6.07, 6.45) is 4.39. The fraction of sp³-hybridized carbons (Fsp3) is 0.500. The van der Waals surface area contributed by atoms with Gasteiger partial charge in [-0.2, -0.15) is 5.10 Å². The SMILES string of the molecule is Cc1cnn(C(C)C2CC2)c1NC(=O)C1CN(Cc2ccccc2)C1. The number of carbonyl (C=O) groups excluding carboxylic acids is 1. The molecule has 2 aromatic rings. The molecule has 1 saturated carbocycles. The van der Waals surface area contributed by atoms with E-state index in [0.717, 1.165) is 31.0 Å². The minimum Gasteiger partial charge on any atom is -0.310 e. The van der Waals surface area contributed by atoms with Crippen molar-refractivity contribution >= 4 is 11.7 Å². The maximum absolute atomic E-state index is 12.6. The molecule has 1 amide bonds. The van der Waals surface area contributed by atoms with Gasteiger partial charge in [0.15, 0.2) is 0 Å². The third-order valence-electron chi connectivity index (χ3n) is 5.49. The minimum absolute atomic E-state index is 0.0719. The number of carbonyl (C=O) groups is 1. The van der Waals surface area contributed by atoms with Crippen LogP contribution in [-0.4, -0.2) is 33.7 Å². The smallest absolute Gasteiger partial charge is 0.231 e. The van der Waals surface area contributed by atoms with Gasteiger partial charge in [0.25, 0.3) is 0 Å². The van der Waals surface area contributed by atoms with E-state index in [1.807, 2.05) is 23.9 Å². The summed E-state index contributed by atoms with van der Waals surface area (Å²) in [5, 5.41) is 7.64. The number of likely N-dealkylation sites (tertiary alicyclic amines) is 1. The van der Waals surface area contributed by atoms with Gasteiger partial charge in [0.2, 0.25) is 5.91 Å².